The summed E-state index contributed by atoms with van der Waals surface area (Å²) in [6, 6.07) is 3.27. The Labute approximate surface area is 110 Å². The molecule has 0 fully saturated rings. The number of carbonyl (C=O) groups excluding carboxylic acids is 2. The van der Waals surface area contributed by atoms with Crippen LogP contribution in [-0.4, -0.2) is 23.3 Å². The third-order valence-corrected chi connectivity index (χ3v) is 2.21. The number of nitrogens with one attached hydrogen (secondary N) is 1. The van der Waals surface area contributed by atoms with Crippen LogP contribution in [0.2, 0.25) is 5.15 Å². The first-order valence-corrected chi connectivity index (χ1v) is 5.68. The molecule has 6 heteroatoms. The number of hydrogen-bond acceptors (Lipinski definition) is 5. The molecule has 0 bridgehead atoms. The van der Waals surface area contributed by atoms with Crippen molar-refractivity contribution < 1.29 is 14.3 Å². The van der Waals surface area contributed by atoms with Gasteiger partial charge in [0.25, 0.3) is 0 Å². The van der Waals surface area contributed by atoms with Gasteiger partial charge in [0.15, 0.2) is 5.78 Å². The van der Waals surface area contributed by atoms with Crippen molar-refractivity contribution in [2.75, 3.05) is 11.9 Å². The first-order chi connectivity index (χ1) is 8.54. The Morgan fingerprint density at radius 2 is 2.22 bits per heavy atom. The summed E-state index contributed by atoms with van der Waals surface area (Å²) in [6.45, 7) is 3.18. The molecule has 0 saturated heterocycles. The number of ketones is 1. The van der Waals surface area contributed by atoms with Crippen molar-refractivity contribution >= 4 is 29.0 Å². The van der Waals surface area contributed by atoms with E-state index in [1.54, 1.807) is 19.1 Å². The fourth-order valence-corrected chi connectivity index (χ4v) is 1.24. The van der Waals surface area contributed by atoms with Gasteiger partial charge in [-0.3, -0.25) is 4.79 Å². The summed E-state index contributed by atoms with van der Waals surface area (Å²) < 4.78 is 4.77. The van der Waals surface area contributed by atoms with Crippen LogP contribution in [-0.2, 0) is 14.3 Å². The minimum absolute atomic E-state index is 0.0493. The molecular formula is C12H13ClN2O3. The van der Waals surface area contributed by atoms with Gasteiger partial charge in [-0.15, -0.1) is 0 Å². The Balaban J connectivity index is 2.80. The molecule has 1 aromatic rings. The van der Waals surface area contributed by atoms with Gasteiger partial charge in [0.2, 0.25) is 0 Å². The van der Waals surface area contributed by atoms with Crippen molar-refractivity contribution in [3.8, 4) is 0 Å². The van der Waals surface area contributed by atoms with E-state index >= 15 is 0 Å². The number of esters is 1. The molecule has 0 aromatic carbocycles. The van der Waals surface area contributed by atoms with E-state index in [1.165, 1.54) is 19.3 Å². The van der Waals surface area contributed by atoms with Crippen LogP contribution >= 0.6 is 11.6 Å². The maximum Gasteiger partial charge on any atom is 0.343 e. The Morgan fingerprint density at radius 3 is 2.72 bits per heavy atom. The number of halogens is 1. The van der Waals surface area contributed by atoms with Crippen LogP contribution < -0.4 is 5.32 Å². The lowest BCUT2D eigenvalue weighted by Crippen LogP contribution is -2.15. The minimum atomic E-state index is -0.653. The monoisotopic (exact) mass is 268 g/mol. The highest BCUT2D eigenvalue weighted by atomic mass is 35.5. The summed E-state index contributed by atoms with van der Waals surface area (Å²) in [5.41, 5.74) is 0.564. The van der Waals surface area contributed by atoms with E-state index in [9.17, 15) is 9.59 Å². The number of nitrogens with zero attached hydrogens (tertiary/aromatic N) is 1. The molecule has 96 valence electrons. The maximum atomic E-state index is 11.5. The number of rotatable bonds is 5. The van der Waals surface area contributed by atoms with Crippen LogP contribution in [0.4, 0.5) is 5.69 Å². The molecule has 1 rings (SSSR count). The molecule has 0 unspecified atom stereocenters. The topological polar surface area (TPSA) is 68.3 Å². The van der Waals surface area contributed by atoms with Crippen molar-refractivity contribution in [2.45, 2.75) is 13.8 Å². The van der Waals surface area contributed by atoms with Gasteiger partial charge in [-0.2, -0.15) is 0 Å². The standard InChI is InChI=1S/C12H13ClN2O3/c1-3-18-12(17)10(8(2)16)7-14-9-4-5-11(13)15-6-9/h4-7,14H,3H2,1-2H3. The van der Waals surface area contributed by atoms with E-state index < -0.39 is 5.97 Å². The number of ether oxygens (including phenoxy) is 1. The zero-order chi connectivity index (χ0) is 13.5. The maximum absolute atomic E-state index is 11.5. The smallest absolute Gasteiger partial charge is 0.343 e. The molecule has 18 heavy (non-hydrogen) atoms. The van der Waals surface area contributed by atoms with Gasteiger partial charge in [-0.25, -0.2) is 9.78 Å². The highest BCUT2D eigenvalue weighted by Gasteiger charge is 2.15. The first kappa shape index (κ1) is 14.2. The largest absolute Gasteiger partial charge is 0.462 e. The molecule has 0 amide bonds. The number of Topliss-reactive ketones (excluding diaryl/α,β-unsaturated/α-hetero) is 1. The number of aromatic nitrogens is 1. The molecule has 0 aliphatic heterocycles. The molecule has 0 spiro atoms. The number of anilines is 1. The normalized spacial score (nSPS) is 10.9. The number of carbonyl (C=O) groups is 2. The Bertz CT molecular complexity index is 469. The van der Waals surface area contributed by atoms with Crippen LogP contribution in [0.25, 0.3) is 0 Å². The van der Waals surface area contributed by atoms with Crippen molar-refractivity contribution in [3.63, 3.8) is 0 Å². The van der Waals surface area contributed by atoms with Gasteiger partial charge >= 0.3 is 5.97 Å². The van der Waals surface area contributed by atoms with Gasteiger partial charge in [-0.1, -0.05) is 11.6 Å². The molecule has 5 nitrogen and oxygen atoms in total. The van der Waals surface area contributed by atoms with Crippen LogP contribution in [0.15, 0.2) is 30.1 Å². The quantitative estimate of drug-likeness (QED) is 0.291. The van der Waals surface area contributed by atoms with Gasteiger partial charge in [0.1, 0.15) is 10.7 Å². The third kappa shape index (κ3) is 4.18. The zero-order valence-electron chi connectivity index (χ0n) is 10.1. The molecule has 0 saturated carbocycles. The molecular weight excluding hydrogens is 256 g/mol. The van der Waals surface area contributed by atoms with Crippen LogP contribution in [0.1, 0.15) is 13.8 Å². The van der Waals surface area contributed by atoms with Crippen molar-refractivity contribution in [2.24, 2.45) is 0 Å². The van der Waals surface area contributed by atoms with Gasteiger partial charge in [0.05, 0.1) is 18.5 Å². The van der Waals surface area contributed by atoms with E-state index in [0.717, 1.165) is 0 Å². The number of hydrogen-bond donors (Lipinski definition) is 1. The van der Waals surface area contributed by atoms with E-state index in [2.05, 4.69) is 10.3 Å². The highest BCUT2D eigenvalue weighted by molar-refractivity contribution is 6.29. The molecule has 1 N–H and O–H groups in total. The molecule has 0 atom stereocenters. The molecule has 1 aromatic heterocycles. The highest BCUT2D eigenvalue weighted by Crippen LogP contribution is 2.10. The lowest BCUT2D eigenvalue weighted by atomic mass is 10.2. The lowest BCUT2D eigenvalue weighted by Gasteiger charge is -2.05. The van der Waals surface area contributed by atoms with Gasteiger partial charge in [0, 0.05) is 6.20 Å². The average Bonchev–Trinajstić information content (AvgIpc) is 2.31. The fraction of sp³-hybridized carbons (Fsp3) is 0.250. The van der Waals surface area contributed by atoms with E-state index in [1.807, 2.05) is 0 Å². The predicted molar refractivity (Wildman–Crippen MR) is 68.3 cm³/mol. The summed E-state index contributed by atoms with van der Waals surface area (Å²) in [5.74, 6) is -1.03. The summed E-state index contributed by atoms with van der Waals surface area (Å²) in [6.07, 6.45) is 2.78. The molecule has 1 heterocycles. The van der Waals surface area contributed by atoms with Crippen LogP contribution in [0.3, 0.4) is 0 Å². The van der Waals surface area contributed by atoms with Gasteiger partial charge in [-0.05, 0) is 26.0 Å². The molecule has 0 aliphatic rings. The summed E-state index contributed by atoms with van der Waals surface area (Å²) >= 11 is 5.63. The predicted octanol–water partition coefficient (Wildman–Crippen LogP) is 2.18. The Hall–Kier alpha value is -1.88. The second-order valence-corrected chi connectivity index (χ2v) is 3.74. The summed E-state index contributed by atoms with van der Waals surface area (Å²) in [5, 5.41) is 3.15. The Kier molecular flexibility index (Phi) is 5.32. The van der Waals surface area contributed by atoms with Gasteiger partial charge < -0.3 is 10.1 Å². The van der Waals surface area contributed by atoms with Crippen molar-refractivity contribution in [3.05, 3.63) is 35.3 Å². The molecule has 0 aliphatic carbocycles. The lowest BCUT2D eigenvalue weighted by molar-refractivity contribution is -0.139. The SMILES string of the molecule is CCOC(=O)C(=CNc1ccc(Cl)nc1)C(C)=O. The van der Waals surface area contributed by atoms with Crippen LogP contribution in [0, 0.1) is 0 Å². The summed E-state index contributed by atoms with van der Waals surface area (Å²) in [4.78, 5) is 26.6. The second-order valence-electron chi connectivity index (χ2n) is 3.35. The van der Waals surface area contributed by atoms with Crippen molar-refractivity contribution in [1.29, 1.82) is 0 Å². The second kappa shape index (κ2) is 6.76. The number of pyridine rings is 1. The fourth-order valence-electron chi connectivity index (χ4n) is 1.13. The summed E-state index contributed by atoms with van der Waals surface area (Å²) in [7, 11) is 0. The van der Waals surface area contributed by atoms with E-state index in [4.69, 9.17) is 16.3 Å². The minimum Gasteiger partial charge on any atom is -0.462 e. The first-order valence-electron chi connectivity index (χ1n) is 5.31. The molecule has 0 radical (unpaired) electrons. The van der Waals surface area contributed by atoms with E-state index in [0.29, 0.717) is 10.8 Å². The van der Waals surface area contributed by atoms with E-state index in [-0.39, 0.29) is 18.0 Å². The van der Waals surface area contributed by atoms with Crippen LogP contribution in [0.5, 0.6) is 0 Å². The van der Waals surface area contributed by atoms with Crippen molar-refractivity contribution in [1.82, 2.24) is 4.98 Å². The zero-order valence-corrected chi connectivity index (χ0v) is 10.8. The Morgan fingerprint density at radius 1 is 1.50 bits per heavy atom. The third-order valence-electron chi connectivity index (χ3n) is 1.99. The average molecular weight is 269 g/mol.